The van der Waals surface area contributed by atoms with Crippen LogP contribution in [0.5, 0.6) is 0 Å². The standard InChI is InChI=1S/C19H16ClN3OS/c1-11-6-7-16-14(8-11)18-15(10-25-16)17(22-23(18)2)19(24)21-13-5-3-4-12(20)9-13/h3-9H,10H2,1-2H3,(H,21,24). The number of fused-ring (bicyclic) bond motifs is 3. The van der Waals surface area contributed by atoms with Crippen LogP contribution in [-0.4, -0.2) is 15.7 Å². The van der Waals surface area contributed by atoms with E-state index >= 15 is 0 Å². The summed E-state index contributed by atoms with van der Waals surface area (Å²) in [5.41, 5.74) is 5.47. The van der Waals surface area contributed by atoms with E-state index in [1.54, 1.807) is 34.6 Å². The van der Waals surface area contributed by atoms with Gasteiger partial charge in [0.05, 0.1) is 5.69 Å². The molecular formula is C19H16ClN3OS. The van der Waals surface area contributed by atoms with Crippen molar-refractivity contribution in [3.8, 4) is 11.3 Å². The number of rotatable bonds is 2. The summed E-state index contributed by atoms with van der Waals surface area (Å²) in [5.74, 6) is 0.521. The first-order valence-corrected chi connectivity index (χ1v) is 9.26. The van der Waals surface area contributed by atoms with Crippen LogP contribution in [0, 0.1) is 6.92 Å². The van der Waals surface area contributed by atoms with Gasteiger partial charge in [0.1, 0.15) is 0 Å². The van der Waals surface area contributed by atoms with Crippen LogP contribution in [0.3, 0.4) is 0 Å². The summed E-state index contributed by atoms with van der Waals surface area (Å²) < 4.78 is 1.81. The van der Waals surface area contributed by atoms with Crippen molar-refractivity contribution in [3.05, 3.63) is 64.3 Å². The van der Waals surface area contributed by atoms with E-state index in [2.05, 4.69) is 35.5 Å². The van der Waals surface area contributed by atoms with Crippen molar-refractivity contribution in [2.75, 3.05) is 5.32 Å². The first kappa shape index (κ1) is 16.2. The smallest absolute Gasteiger partial charge is 0.276 e. The average molecular weight is 370 g/mol. The van der Waals surface area contributed by atoms with Crippen LogP contribution in [0.15, 0.2) is 47.4 Å². The molecule has 2 heterocycles. The lowest BCUT2D eigenvalue weighted by molar-refractivity contribution is 0.102. The third-order valence-corrected chi connectivity index (χ3v) is 5.54. The van der Waals surface area contributed by atoms with Crippen LogP contribution in [-0.2, 0) is 12.8 Å². The molecule has 1 aliphatic heterocycles. The Bertz CT molecular complexity index is 996. The maximum Gasteiger partial charge on any atom is 0.276 e. The highest BCUT2D eigenvalue weighted by Gasteiger charge is 2.27. The minimum Gasteiger partial charge on any atom is -0.321 e. The predicted molar refractivity (Wildman–Crippen MR) is 102 cm³/mol. The monoisotopic (exact) mass is 369 g/mol. The summed E-state index contributed by atoms with van der Waals surface area (Å²) in [6.07, 6.45) is 0. The molecule has 126 valence electrons. The molecule has 1 aliphatic rings. The molecule has 2 aromatic carbocycles. The van der Waals surface area contributed by atoms with Crippen LogP contribution in [0.2, 0.25) is 5.02 Å². The third kappa shape index (κ3) is 2.94. The average Bonchev–Trinajstić information content (AvgIpc) is 2.92. The Balaban J connectivity index is 1.74. The van der Waals surface area contributed by atoms with Crippen molar-refractivity contribution in [1.29, 1.82) is 0 Å². The molecule has 1 aromatic heterocycles. The summed E-state index contributed by atoms with van der Waals surface area (Å²) in [4.78, 5) is 14.0. The number of nitrogens with one attached hydrogen (secondary N) is 1. The van der Waals surface area contributed by atoms with Crippen LogP contribution >= 0.6 is 23.4 Å². The second-order valence-corrected chi connectivity index (χ2v) is 7.51. The van der Waals surface area contributed by atoms with Gasteiger partial charge in [-0.05, 0) is 37.3 Å². The molecular weight excluding hydrogens is 354 g/mol. The van der Waals surface area contributed by atoms with E-state index in [1.165, 1.54) is 10.5 Å². The lowest BCUT2D eigenvalue weighted by atomic mass is 10.0. The minimum atomic E-state index is -0.212. The summed E-state index contributed by atoms with van der Waals surface area (Å²) in [7, 11) is 1.89. The number of amides is 1. The zero-order valence-electron chi connectivity index (χ0n) is 13.8. The molecule has 0 atom stereocenters. The van der Waals surface area contributed by atoms with Gasteiger partial charge in [-0.3, -0.25) is 9.48 Å². The number of hydrogen-bond acceptors (Lipinski definition) is 3. The Morgan fingerprint density at radius 2 is 2.12 bits per heavy atom. The molecule has 4 nitrogen and oxygen atoms in total. The summed E-state index contributed by atoms with van der Waals surface area (Å²) in [6.45, 7) is 2.07. The molecule has 0 spiro atoms. The van der Waals surface area contributed by atoms with Gasteiger partial charge < -0.3 is 5.32 Å². The molecule has 0 radical (unpaired) electrons. The van der Waals surface area contributed by atoms with Crippen molar-refractivity contribution >= 4 is 35.0 Å². The summed E-state index contributed by atoms with van der Waals surface area (Å²) >= 11 is 7.73. The fraction of sp³-hybridized carbons (Fsp3) is 0.158. The number of thioether (sulfide) groups is 1. The Morgan fingerprint density at radius 3 is 2.92 bits per heavy atom. The van der Waals surface area contributed by atoms with Gasteiger partial charge >= 0.3 is 0 Å². The Hall–Kier alpha value is -2.24. The first-order valence-electron chi connectivity index (χ1n) is 7.89. The van der Waals surface area contributed by atoms with Gasteiger partial charge in [-0.2, -0.15) is 5.10 Å². The largest absolute Gasteiger partial charge is 0.321 e. The van der Waals surface area contributed by atoms with Crippen molar-refractivity contribution in [2.45, 2.75) is 17.6 Å². The van der Waals surface area contributed by atoms with Gasteiger partial charge in [-0.1, -0.05) is 29.3 Å². The fourth-order valence-electron chi connectivity index (χ4n) is 3.09. The lowest BCUT2D eigenvalue weighted by Crippen LogP contribution is -2.14. The molecule has 0 bridgehead atoms. The Morgan fingerprint density at radius 1 is 1.28 bits per heavy atom. The van der Waals surface area contributed by atoms with E-state index in [9.17, 15) is 4.79 Å². The maximum atomic E-state index is 12.8. The van der Waals surface area contributed by atoms with E-state index in [4.69, 9.17) is 11.6 Å². The number of nitrogens with zero attached hydrogens (tertiary/aromatic N) is 2. The normalized spacial score (nSPS) is 12.4. The predicted octanol–water partition coefficient (Wildman–Crippen LogP) is 4.91. The molecule has 3 aromatic rings. The quantitative estimate of drug-likeness (QED) is 0.698. The van der Waals surface area contributed by atoms with Crippen LogP contribution in [0.4, 0.5) is 5.69 Å². The number of aryl methyl sites for hydroxylation is 2. The fourth-order valence-corrected chi connectivity index (χ4v) is 4.32. The van der Waals surface area contributed by atoms with Crippen molar-refractivity contribution in [3.63, 3.8) is 0 Å². The number of anilines is 1. The van der Waals surface area contributed by atoms with Gasteiger partial charge in [0.2, 0.25) is 0 Å². The van der Waals surface area contributed by atoms with Crippen LogP contribution in [0.25, 0.3) is 11.3 Å². The van der Waals surface area contributed by atoms with Crippen LogP contribution < -0.4 is 5.32 Å². The molecule has 0 saturated carbocycles. The zero-order chi connectivity index (χ0) is 17.6. The molecule has 0 aliphatic carbocycles. The highest BCUT2D eigenvalue weighted by atomic mass is 35.5. The minimum absolute atomic E-state index is 0.212. The lowest BCUT2D eigenvalue weighted by Gasteiger charge is -2.17. The number of hydrogen-bond donors (Lipinski definition) is 1. The van der Waals surface area contributed by atoms with Crippen molar-refractivity contribution < 1.29 is 4.79 Å². The highest BCUT2D eigenvalue weighted by molar-refractivity contribution is 7.98. The van der Waals surface area contributed by atoms with Gasteiger partial charge in [0.15, 0.2) is 5.69 Å². The SMILES string of the molecule is Cc1ccc2c(c1)-c1c(c(C(=O)Nc3cccc(Cl)c3)nn1C)CS2. The third-order valence-electron chi connectivity index (χ3n) is 4.21. The Labute approximate surface area is 155 Å². The van der Waals surface area contributed by atoms with E-state index in [0.717, 1.165) is 22.6 Å². The first-order chi connectivity index (χ1) is 12.0. The van der Waals surface area contributed by atoms with Gasteiger partial charge in [0, 0.05) is 39.5 Å². The molecule has 6 heteroatoms. The number of aromatic nitrogens is 2. The molecule has 4 rings (SSSR count). The van der Waals surface area contributed by atoms with E-state index in [-0.39, 0.29) is 5.91 Å². The molecule has 0 saturated heterocycles. The molecule has 25 heavy (non-hydrogen) atoms. The molecule has 1 N–H and O–H groups in total. The van der Waals surface area contributed by atoms with Crippen molar-refractivity contribution in [1.82, 2.24) is 9.78 Å². The summed E-state index contributed by atoms with van der Waals surface area (Å²) in [6, 6.07) is 13.5. The van der Waals surface area contributed by atoms with Gasteiger partial charge in [-0.25, -0.2) is 0 Å². The van der Waals surface area contributed by atoms with E-state index in [1.807, 2.05) is 13.1 Å². The maximum absolute atomic E-state index is 12.8. The number of benzene rings is 2. The molecule has 0 unspecified atom stereocenters. The van der Waals surface area contributed by atoms with E-state index < -0.39 is 0 Å². The van der Waals surface area contributed by atoms with Crippen molar-refractivity contribution in [2.24, 2.45) is 7.05 Å². The Kier molecular flexibility index (Phi) is 4.06. The molecule has 1 amide bonds. The molecule has 0 fully saturated rings. The number of halogens is 1. The summed E-state index contributed by atoms with van der Waals surface area (Å²) in [5, 5.41) is 7.97. The zero-order valence-corrected chi connectivity index (χ0v) is 15.4. The van der Waals surface area contributed by atoms with Crippen LogP contribution in [0.1, 0.15) is 21.6 Å². The van der Waals surface area contributed by atoms with Gasteiger partial charge in [0.25, 0.3) is 5.91 Å². The number of carbonyl (C=O) groups excluding carboxylic acids is 1. The topological polar surface area (TPSA) is 46.9 Å². The highest BCUT2D eigenvalue weighted by Crippen LogP contribution is 2.43. The number of carbonyl (C=O) groups is 1. The van der Waals surface area contributed by atoms with E-state index in [0.29, 0.717) is 16.4 Å². The second-order valence-electron chi connectivity index (χ2n) is 6.05. The van der Waals surface area contributed by atoms with Gasteiger partial charge in [-0.15, -0.1) is 11.8 Å². The second kappa shape index (κ2) is 6.24.